The summed E-state index contributed by atoms with van der Waals surface area (Å²) in [7, 11) is 0. The third kappa shape index (κ3) is 4.29. The molecule has 0 unspecified atom stereocenters. The largest absolute Gasteiger partial charge is 0.325 e. The Morgan fingerprint density at radius 3 is 2.62 bits per heavy atom. The van der Waals surface area contributed by atoms with Crippen LogP contribution < -0.4 is 5.73 Å². The Kier molecular flexibility index (Phi) is 4.05. The number of rotatable bonds is 4. The number of carbonyl (C=O) groups is 1. The Balaban J connectivity index is 2.67. The zero-order valence-corrected chi connectivity index (χ0v) is 10.1. The summed E-state index contributed by atoms with van der Waals surface area (Å²) in [6.45, 7) is 3.59. The van der Waals surface area contributed by atoms with Crippen LogP contribution in [0, 0.1) is 5.82 Å². The minimum atomic E-state index is -0.513. The lowest BCUT2D eigenvalue weighted by Crippen LogP contribution is -2.35. The Bertz CT molecular complexity index is 398. The van der Waals surface area contributed by atoms with Crippen molar-refractivity contribution in [2.24, 2.45) is 5.73 Å². The quantitative estimate of drug-likeness (QED) is 0.884. The van der Waals surface area contributed by atoms with Crippen molar-refractivity contribution in [1.29, 1.82) is 0 Å². The van der Waals surface area contributed by atoms with Gasteiger partial charge in [-0.3, -0.25) is 4.79 Å². The van der Waals surface area contributed by atoms with E-state index in [0.717, 1.165) is 0 Å². The molecule has 0 saturated heterocycles. The highest BCUT2D eigenvalue weighted by Crippen LogP contribution is 2.17. The molecule has 0 atom stereocenters. The maximum atomic E-state index is 12.9. The Labute approximate surface area is 99.6 Å². The molecule has 0 amide bonds. The third-order valence-electron chi connectivity index (χ3n) is 2.04. The maximum absolute atomic E-state index is 12.9. The van der Waals surface area contributed by atoms with Crippen molar-refractivity contribution in [3.63, 3.8) is 0 Å². The number of halogens is 2. The number of Topliss-reactive ketones (excluding diaryl/α,β-unsaturated/α-hetero) is 1. The molecule has 0 aliphatic heterocycles. The predicted octanol–water partition coefficient (Wildman–Crippen LogP) is 2.72. The molecule has 0 fully saturated rings. The monoisotopic (exact) mass is 243 g/mol. The van der Waals surface area contributed by atoms with E-state index in [2.05, 4.69) is 0 Å². The van der Waals surface area contributed by atoms with Crippen LogP contribution in [-0.4, -0.2) is 11.3 Å². The first-order valence-corrected chi connectivity index (χ1v) is 5.40. The average molecular weight is 244 g/mol. The van der Waals surface area contributed by atoms with E-state index in [4.69, 9.17) is 17.3 Å². The fourth-order valence-corrected chi connectivity index (χ4v) is 1.65. The van der Waals surface area contributed by atoms with Crippen LogP contribution in [0.2, 0.25) is 5.02 Å². The topological polar surface area (TPSA) is 43.1 Å². The van der Waals surface area contributed by atoms with Crippen molar-refractivity contribution < 1.29 is 9.18 Å². The highest BCUT2D eigenvalue weighted by atomic mass is 35.5. The number of benzene rings is 1. The summed E-state index contributed by atoms with van der Waals surface area (Å²) in [5, 5.41) is 0.0392. The van der Waals surface area contributed by atoms with Crippen LogP contribution in [-0.2, 0) is 11.2 Å². The van der Waals surface area contributed by atoms with E-state index < -0.39 is 11.4 Å². The predicted molar refractivity (Wildman–Crippen MR) is 63.0 cm³/mol. The van der Waals surface area contributed by atoms with Gasteiger partial charge in [-0.15, -0.1) is 0 Å². The van der Waals surface area contributed by atoms with E-state index in [1.54, 1.807) is 19.9 Å². The van der Waals surface area contributed by atoms with Crippen molar-refractivity contribution in [3.8, 4) is 0 Å². The van der Waals surface area contributed by atoms with Gasteiger partial charge in [0.1, 0.15) is 11.6 Å². The van der Waals surface area contributed by atoms with Gasteiger partial charge >= 0.3 is 0 Å². The molecule has 0 heterocycles. The number of nitrogens with two attached hydrogens (primary N) is 1. The van der Waals surface area contributed by atoms with Gasteiger partial charge in [0.2, 0.25) is 0 Å². The number of carbonyl (C=O) groups excluding carboxylic acids is 1. The number of hydrogen-bond acceptors (Lipinski definition) is 2. The van der Waals surface area contributed by atoms with E-state index in [1.807, 2.05) is 0 Å². The summed E-state index contributed by atoms with van der Waals surface area (Å²) in [5.74, 6) is -0.452. The molecule has 0 radical (unpaired) electrons. The fourth-order valence-electron chi connectivity index (χ4n) is 1.45. The van der Waals surface area contributed by atoms with Crippen molar-refractivity contribution in [2.75, 3.05) is 0 Å². The second-order valence-electron chi connectivity index (χ2n) is 4.63. The molecular weight excluding hydrogens is 229 g/mol. The van der Waals surface area contributed by atoms with E-state index in [9.17, 15) is 9.18 Å². The van der Waals surface area contributed by atoms with Gasteiger partial charge < -0.3 is 5.73 Å². The first kappa shape index (κ1) is 13.1. The van der Waals surface area contributed by atoms with Crippen LogP contribution in [0.25, 0.3) is 0 Å². The van der Waals surface area contributed by atoms with E-state index in [-0.39, 0.29) is 17.2 Å². The molecule has 0 spiro atoms. The van der Waals surface area contributed by atoms with Crippen LogP contribution in [0.15, 0.2) is 18.2 Å². The highest BCUT2D eigenvalue weighted by molar-refractivity contribution is 6.30. The smallest absolute Gasteiger partial charge is 0.141 e. The summed E-state index contributed by atoms with van der Waals surface area (Å²) in [6.07, 6.45) is 0.530. The summed E-state index contributed by atoms with van der Waals surface area (Å²) >= 11 is 5.62. The molecule has 0 bridgehead atoms. The molecule has 16 heavy (non-hydrogen) atoms. The van der Waals surface area contributed by atoms with Crippen molar-refractivity contribution >= 4 is 17.4 Å². The van der Waals surface area contributed by atoms with Gasteiger partial charge in [0.15, 0.2) is 0 Å². The molecule has 88 valence electrons. The molecule has 0 saturated carbocycles. The third-order valence-corrected chi connectivity index (χ3v) is 2.33. The standard InChI is InChI=1S/C12H15ClFNO/c1-12(2,15)7-9(16)5-8-3-4-11(14)10(13)6-8/h3-4,6H,5,7,15H2,1-2H3. The van der Waals surface area contributed by atoms with Crippen LogP contribution >= 0.6 is 11.6 Å². The number of ketones is 1. The van der Waals surface area contributed by atoms with Gasteiger partial charge in [-0.05, 0) is 31.5 Å². The summed E-state index contributed by atoms with van der Waals surface area (Å²) < 4.78 is 12.9. The van der Waals surface area contributed by atoms with Gasteiger partial charge in [0.05, 0.1) is 5.02 Å². The summed E-state index contributed by atoms with van der Waals surface area (Å²) in [6, 6.07) is 4.29. The lowest BCUT2D eigenvalue weighted by atomic mass is 9.96. The lowest BCUT2D eigenvalue weighted by Gasteiger charge is -2.16. The second kappa shape index (κ2) is 4.93. The van der Waals surface area contributed by atoms with E-state index in [1.165, 1.54) is 12.1 Å². The highest BCUT2D eigenvalue weighted by Gasteiger charge is 2.16. The van der Waals surface area contributed by atoms with Crippen molar-refractivity contribution in [3.05, 3.63) is 34.6 Å². The average Bonchev–Trinajstić information content (AvgIpc) is 2.08. The molecule has 1 aromatic rings. The van der Waals surface area contributed by atoms with Gasteiger partial charge in [0.25, 0.3) is 0 Å². The van der Waals surface area contributed by atoms with Gasteiger partial charge in [-0.2, -0.15) is 0 Å². The molecule has 1 rings (SSSR count). The molecule has 1 aromatic carbocycles. The zero-order chi connectivity index (χ0) is 12.3. The van der Waals surface area contributed by atoms with Crippen molar-refractivity contribution in [1.82, 2.24) is 0 Å². The Hall–Kier alpha value is -0.930. The molecule has 2 N–H and O–H groups in total. The minimum absolute atomic E-state index is 0.0233. The van der Waals surface area contributed by atoms with Gasteiger partial charge in [-0.25, -0.2) is 4.39 Å². The molecule has 0 aromatic heterocycles. The number of hydrogen-bond donors (Lipinski definition) is 1. The van der Waals surface area contributed by atoms with Gasteiger partial charge in [-0.1, -0.05) is 17.7 Å². The van der Waals surface area contributed by atoms with Crippen molar-refractivity contribution in [2.45, 2.75) is 32.2 Å². The zero-order valence-electron chi connectivity index (χ0n) is 9.39. The first-order chi connectivity index (χ1) is 7.28. The van der Waals surface area contributed by atoms with E-state index in [0.29, 0.717) is 12.0 Å². The summed E-state index contributed by atoms with van der Waals surface area (Å²) in [5.41, 5.74) is 5.93. The molecule has 0 aliphatic rings. The molecular formula is C12H15ClFNO. The Morgan fingerprint density at radius 2 is 2.12 bits per heavy atom. The van der Waals surface area contributed by atoms with E-state index >= 15 is 0 Å². The van der Waals surface area contributed by atoms with Gasteiger partial charge in [0, 0.05) is 18.4 Å². The molecule has 2 nitrogen and oxygen atoms in total. The normalized spacial score (nSPS) is 11.6. The van der Waals surface area contributed by atoms with Crippen LogP contribution in [0.5, 0.6) is 0 Å². The summed E-state index contributed by atoms with van der Waals surface area (Å²) in [4.78, 5) is 11.6. The molecule has 4 heteroatoms. The second-order valence-corrected chi connectivity index (χ2v) is 5.04. The lowest BCUT2D eigenvalue weighted by molar-refractivity contribution is -0.119. The Morgan fingerprint density at radius 1 is 1.50 bits per heavy atom. The van der Waals surface area contributed by atoms with Crippen LogP contribution in [0.4, 0.5) is 4.39 Å². The molecule has 0 aliphatic carbocycles. The minimum Gasteiger partial charge on any atom is -0.325 e. The first-order valence-electron chi connectivity index (χ1n) is 5.02. The van der Waals surface area contributed by atoms with Crippen LogP contribution in [0.3, 0.4) is 0 Å². The maximum Gasteiger partial charge on any atom is 0.141 e. The SMILES string of the molecule is CC(C)(N)CC(=O)Cc1ccc(F)c(Cl)c1. The van der Waals surface area contributed by atoms with Crippen LogP contribution in [0.1, 0.15) is 25.8 Å². The fraction of sp³-hybridized carbons (Fsp3) is 0.417.